The third kappa shape index (κ3) is 1.16. The number of phenolic OH excluding ortho intramolecular Hbond substituents is 1. The highest BCUT2D eigenvalue weighted by Crippen LogP contribution is 2.39. The second-order valence-electron chi connectivity index (χ2n) is 4.34. The molecule has 0 unspecified atom stereocenters. The lowest BCUT2D eigenvalue weighted by Crippen LogP contribution is -2.12. The SMILES string of the molecule is CC1(C)CC(=NO)c2ccc(O)cc21. The maximum Gasteiger partial charge on any atom is 0.115 e. The van der Waals surface area contributed by atoms with Gasteiger partial charge in [-0.15, -0.1) is 0 Å². The molecular formula is C11H13NO2. The summed E-state index contributed by atoms with van der Waals surface area (Å²) in [5.41, 5.74) is 2.63. The van der Waals surface area contributed by atoms with Crippen molar-refractivity contribution in [3.8, 4) is 5.75 Å². The minimum absolute atomic E-state index is 0.0599. The van der Waals surface area contributed by atoms with E-state index in [9.17, 15) is 5.11 Å². The molecule has 2 rings (SSSR count). The van der Waals surface area contributed by atoms with Crippen molar-refractivity contribution in [2.24, 2.45) is 5.16 Å². The van der Waals surface area contributed by atoms with Crippen LogP contribution in [-0.2, 0) is 5.41 Å². The van der Waals surface area contributed by atoms with Crippen LogP contribution in [0.3, 0.4) is 0 Å². The van der Waals surface area contributed by atoms with Crippen molar-refractivity contribution in [2.45, 2.75) is 25.7 Å². The normalized spacial score (nSPS) is 21.1. The Kier molecular flexibility index (Phi) is 1.77. The van der Waals surface area contributed by atoms with E-state index in [1.165, 1.54) is 0 Å². The molecule has 0 saturated heterocycles. The number of rotatable bonds is 0. The predicted octanol–water partition coefficient (Wildman–Crippen LogP) is 2.25. The van der Waals surface area contributed by atoms with E-state index in [-0.39, 0.29) is 11.2 Å². The Labute approximate surface area is 82.7 Å². The Morgan fingerprint density at radius 1 is 1.36 bits per heavy atom. The van der Waals surface area contributed by atoms with Crippen LogP contribution in [0.15, 0.2) is 23.4 Å². The van der Waals surface area contributed by atoms with E-state index in [4.69, 9.17) is 5.21 Å². The summed E-state index contributed by atoms with van der Waals surface area (Å²) in [5, 5.41) is 21.5. The van der Waals surface area contributed by atoms with Crippen LogP contribution in [0, 0.1) is 0 Å². The zero-order valence-electron chi connectivity index (χ0n) is 8.28. The average Bonchev–Trinajstić information content (AvgIpc) is 2.38. The van der Waals surface area contributed by atoms with Crippen molar-refractivity contribution in [1.82, 2.24) is 0 Å². The number of hydrogen-bond donors (Lipinski definition) is 2. The molecule has 0 heterocycles. The Bertz CT molecular complexity index is 408. The second kappa shape index (κ2) is 2.74. The van der Waals surface area contributed by atoms with Crippen molar-refractivity contribution in [3.05, 3.63) is 29.3 Å². The Hall–Kier alpha value is -1.51. The quantitative estimate of drug-likeness (QED) is 0.488. The van der Waals surface area contributed by atoms with E-state index < -0.39 is 0 Å². The van der Waals surface area contributed by atoms with E-state index in [1.54, 1.807) is 18.2 Å². The van der Waals surface area contributed by atoms with Crippen LogP contribution in [0.1, 0.15) is 31.4 Å². The summed E-state index contributed by atoms with van der Waals surface area (Å²) >= 11 is 0. The van der Waals surface area contributed by atoms with Gasteiger partial charge in [-0.1, -0.05) is 19.0 Å². The Balaban J connectivity index is 2.66. The molecule has 14 heavy (non-hydrogen) atoms. The van der Waals surface area contributed by atoms with Crippen LogP contribution < -0.4 is 0 Å². The van der Waals surface area contributed by atoms with Crippen molar-refractivity contribution in [3.63, 3.8) is 0 Å². The molecule has 2 N–H and O–H groups in total. The first-order chi connectivity index (χ1) is 6.54. The molecule has 1 aromatic carbocycles. The molecule has 3 nitrogen and oxygen atoms in total. The molecule has 1 aliphatic carbocycles. The number of fused-ring (bicyclic) bond motifs is 1. The van der Waals surface area contributed by atoms with E-state index in [2.05, 4.69) is 19.0 Å². The van der Waals surface area contributed by atoms with Crippen LogP contribution >= 0.6 is 0 Å². The van der Waals surface area contributed by atoms with Crippen LogP contribution in [0.25, 0.3) is 0 Å². The maximum atomic E-state index is 9.39. The van der Waals surface area contributed by atoms with Gasteiger partial charge in [0.05, 0.1) is 5.71 Å². The molecule has 0 spiro atoms. The van der Waals surface area contributed by atoms with Gasteiger partial charge in [0.15, 0.2) is 0 Å². The number of phenols is 1. The van der Waals surface area contributed by atoms with Gasteiger partial charge in [0.2, 0.25) is 0 Å². The summed E-state index contributed by atoms with van der Waals surface area (Å²) < 4.78 is 0. The molecule has 0 bridgehead atoms. The topological polar surface area (TPSA) is 52.8 Å². The van der Waals surface area contributed by atoms with Gasteiger partial charge in [0.25, 0.3) is 0 Å². The first-order valence-electron chi connectivity index (χ1n) is 4.59. The molecule has 1 aliphatic rings. The average molecular weight is 191 g/mol. The lowest BCUT2D eigenvalue weighted by Gasteiger charge is -2.17. The summed E-state index contributed by atoms with van der Waals surface area (Å²) in [6, 6.07) is 5.16. The fourth-order valence-corrected chi connectivity index (χ4v) is 2.04. The second-order valence-corrected chi connectivity index (χ2v) is 4.34. The maximum absolute atomic E-state index is 9.39. The van der Waals surface area contributed by atoms with Crippen LogP contribution in [0.2, 0.25) is 0 Å². The fourth-order valence-electron chi connectivity index (χ4n) is 2.04. The summed E-state index contributed by atoms with van der Waals surface area (Å²) in [7, 11) is 0. The van der Waals surface area contributed by atoms with Gasteiger partial charge in [0, 0.05) is 12.0 Å². The van der Waals surface area contributed by atoms with E-state index in [0.29, 0.717) is 12.1 Å². The number of oxime groups is 1. The monoisotopic (exact) mass is 191 g/mol. The number of aromatic hydroxyl groups is 1. The molecular weight excluding hydrogens is 178 g/mol. The highest BCUT2D eigenvalue weighted by Gasteiger charge is 2.34. The van der Waals surface area contributed by atoms with Gasteiger partial charge in [-0.05, 0) is 29.2 Å². The fraction of sp³-hybridized carbons (Fsp3) is 0.364. The van der Waals surface area contributed by atoms with E-state index in [0.717, 1.165) is 11.1 Å². The Morgan fingerprint density at radius 2 is 2.07 bits per heavy atom. The zero-order valence-corrected chi connectivity index (χ0v) is 8.28. The lowest BCUT2D eigenvalue weighted by molar-refractivity contribution is 0.317. The zero-order chi connectivity index (χ0) is 10.3. The van der Waals surface area contributed by atoms with Gasteiger partial charge in [-0.2, -0.15) is 0 Å². The summed E-state index contributed by atoms with van der Waals surface area (Å²) in [6.45, 7) is 4.15. The van der Waals surface area contributed by atoms with Gasteiger partial charge in [-0.25, -0.2) is 0 Å². The molecule has 0 saturated carbocycles. The van der Waals surface area contributed by atoms with Crippen molar-refractivity contribution in [2.75, 3.05) is 0 Å². The van der Waals surface area contributed by atoms with Crippen molar-refractivity contribution < 1.29 is 10.3 Å². The molecule has 3 heteroatoms. The minimum atomic E-state index is -0.0599. The van der Waals surface area contributed by atoms with Gasteiger partial charge >= 0.3 is 0 Å². The Morgan fingerprint density at radius 3 is 2.71 bits per heavy atom. The van der Waals surface area contributed by atoms with Crippen LogP contribution in [-0.4, -0.2) is 16.0 Å². The lowest BCUT2D eigenvalue weighted by atomic mass is 9.86. The van der Waals surface area contributed by atoms with Gasteiger partial charge in [0.1, 0.15) is 5.75 Å². The third-order valence-electron chi connectivity index (χ3n) is 2.77. The minimum Gasteiger partial charge on any atom is -0.508 e. The molecule has 74 valence electrons. The summed E-state index contributed by atoms with van der Waals surface area (Å²) in [6.07, 6.45) is 0.711. The van der Waals surface area contributed by atoms with Crippen LogP contribution in [0.5, 0.6) is 5.75 Å². The number of nitrogens with zero attached hydrogens (tertiary/aromatic N) is 1. The first-order valence-corrected chi connectivity index (χ1v) is 4.59. The highest BCUT2D eigenvalue weighted by molar-refractivity contribution is 6.05. The van der Waals surface area contributed by atoms with Gasteiger partial charge < -0.3 is 10.3 Å². The highest BCUT2D eigenvalue weighted by atomic mass is 16.4. The molecule has 0 amide bonds. The molecule has 0 atom stereocenters. The molecule has 0 fully saturated rings. The molecule has 0 aromatic heterocycles. The van der Waals surface area contributed by atoms with Gasteiger partial charge in [-0.3, -0.25) is 0 Å². The van der Waals surface area contributed by atoms with Crippen molar-refractivity contribution in [1.29, 1.82) is 0 Å². The molecule has 0 radical (unpaired) electrons. The number of hydrogen-bond acceptors (Lipinski definition) is 3. The largest absolute Gasteiger partial charge is 0.508 e. The van der Waals surface area contributed by atoms with Crippen LogP contribution in [0.4, 0.5) is 0 Å². The standard InChI is InChI=1S/C11H13NO2/c1-11(2)6-10(12-14)8-4-3-7(13)5-9(8)11/h3-5,13-14H,6H2,1-2H3. The van der Waals surface area contributed by atoms with Crippen molar-refractivity contribution >= 4 is 5.71 Å². The first kappa shape index (κ1) is 9.06. The number of benzene rings is 1. The third-order valence-corrected chi connectivity index (χ3v) is 2.77. The van der Waals surface area contributed by atoms with E-state index >= 15 is 0 Å². The molecule has 1 aromatic rings. The smallest absolute Gasteiger partial charge is 0.115 e. The van der Waals surface area contributed by atoms with E-state index in [1.807, 2.05) is 0 Å². The summed E-state index contributed by atoms with van der Waals surface area (Å²) in [5.74, 6) is 0.260. The predicted molar refractivity (Wildman–Crippen MR) is 54.1 cm³/mol. The summed E-state index contributed by atoms with van der Waals surface area (Å²) in [4.78, 5) is 0. The molecule has 0 aliphatic heterocycles.